The number of nitrogens with zero attached hydrogens (tertiary/aromatic N) is 2. The molecule has 0 fully saturated rings. The zero-order valence-electron chi connectivity index (χ0n) is 23.6. The van der Waals surface area contributed by atoms with Crippen molar-refractivity contribution in [3.8, 4) is 17.2 Å². The highest BCUT2D eigenvalue weighted by atomic mass is 35.5. The molecule has 0 N–H and O–H groups in total. The Hall–Kier alpha value is -3.56. The average Bonchev–Trinajstić information content (AvgIpc) is 3.18. The highest BCUT2D eigenvalue weighted by molar-refractivity contribution is 7.07. The summed E-state index contributed by atoms with van der Waals surface area (Å²) in [5.41, 5.74) is 1.78. The second-order valence-electron chi connectivity index (χ2n) is 9.73. The number of halogens is 1. The quantitative estimate of drug-likeness (QED) is 0.328. The van der Waals surface area contributed by atoms with Crippen LogP contribution in [-0.4, -0.2) is 36.5 Å². The van der Waals surface area contributed by atoms with Gasteiger partial charge < -0.3 is 18.9 Å². The van der Waals surface area contributed by atoms with Gasteiger partial charge in [-0.25, -0.2) is 9.79 Å². The second kappa shape index (κ2) is 12.3. The zero-order chi connectivity index (χ0) is 29.1. The first kappa shape index (κ1) is 29.4. The lowest BCUT2D eigenvalue weighted by molar-refractivity contribution is -0.139. The lowest BCUT2D eigenvalue weighted by Gasteiger charge is -2.25. The summed E-state index contributed by atoms with van der Waals surface area (Å²) in [6, 6.07) is 9.88. The molecule has 1 aliphatic heterocycles. The Bertz CT molecular complexity index is 1640. The Morgan fingerprint density at radius 1 is 1.07 bits per heavy atom. The lowest BCUT2D eigenvalue weighted by atomic mass is 9.95. The molecule has 0 saturated carbocycles. The van der Waals surface area contributed by atoms with E-state index < -0.39 is 12.0 Å². The first-order chi connectivity index (χ1) is 19.0. The summed E-state index contributed by atoms with van der Waals surface area (Å²) in [4.78, 5) is 32.3. The van der Waals surface area contributed by atoms with Crippen LogP contribution in [0.3, 0.4) is 0 Å². The number of carbonyl (C=O) groups excluding carboxylic acids is 1. The van der Waals surface area contributed by atoms with Gasteiger partial charge in [-0.2, -0.15) is 0 Å². The van der Waals surface area contributed by atoms with Crippen LogP contribution in [-0.2, 0) is 9.53 Å². The standard InChI is InChI=1S/C30H33ClN2O6S/c1-8-37-29(35)26-18(6)32-30-33(27(26)19-9-11-23(39-17(4)5)24(14-19)36-7)28(34)25(40-30)15-20-13-21(31)10-12-22(20)38-16(2)3/h9-17,27H,8H2,1-7H3/b25-15+/t27-/m0/s1. The van der Waals surface area contributed by atoms with E-state index in [2.05, 4.69) is 4.99 Å². The minimum atomic E-state index is -0.787. The van der Waals surface area contributed by atoms with Crippen molar-refractivity contribution in [2.24, 2.45) is 4.99 Å². The van der Waals surface area contributed by atoms with Crippen LogP contribution in [0.2, 0.25) is 5.02 Å². The smallest absolute Gasteiger partial charge is 0.338 e. The van der Waals surface area contributed by atoms with Crippen LogP contribution in [0.25, 0.3) is 6.08 Å². The Kier molecular flexibility index (Phi) is 9.05. The van der Waals surface area contributed by atoms with E-state index in [9.17, 15) is 9.59 Å². The van der Waals surface area contributed by atoms with Crippen molar-refractivity contribution < 1.29 is 23.7 Å². The van der Waals surface area contributed by atoms with Crippen molar-refractivity contribution in [1.29, 1.82) is 0 Å². The molecule has 1 aromatic heterocycles. The van der Waals surface area contributed by atoms with Crippen LogP contribution in [0.4, 0.5) is 0 Å². The number of rotatable bonds is 9. The minimum absolute atomic E-state index is 0.0642. The van der Waals surface area contributed by atoms with Gasteiger partial charge in [-0.3, -0.25) is 9.36 Å². The highest BCUT2D eigenvalue weighted by Gasteiger charge is 2.34. The predicted molar refractivity (Wildman–Crippen MR) is 156 cm³/mol. The molecule has 2 aromatic carbocycles. The second-order valence-corrected chi connectivity index (χ2v) is 11.2. The normalized spacial score (nSPS) is 15.2. The van der Waals surface area contributed by atoms with E-state index >= 15 is 0 Å². The molecular weight excluding hydrogens is 552 g/mol. The van der Waals surface area contributed by atoms with Crippen molar-refractivity contribution in [1.82, 2.24) is 4.57 Å². The summed E-state index contributed by atoms with van der Waals surface area (Å²) in [5.74, 6) is 1.12. The summed E-state index contributed by atoms with van der Waals surface area (Å²) >= 11 is 7.51. The summed E-state index contributed by atoms with van der Waals surface area (Å²) < 4.78 is 24.8. The fourth-order valence-electron chi connectivity index (χ4n) is 4.45. The molecule has 40 heavy (non-hydrogen) atoms. The Morgan fingerprint density at radius 3 is 2.40 bits per heavy atom. The number of benzene rings is 2. The van der Waals surface area contributed by atoms with Crippen molar-refractivity contribution >= 4 is 35.0 Å². The van der Waals surface area contributed by atoms with Crippen molar-refractivity contribution in [2.45, 2.75) is 59.8 Å². The van der Waals surface area contributed by atoms with Gasteiger partial charge in [0.2, 0.25) is 0 Å². The maximum atomic E-state index is 14.0. The van der Waals surface area contributed by atoms with Crippen LogP contribution >= 0.6 is 22.9 Å². The Morgan fingerprint density at radius 2 is 1.75 bits per heavy atom. The van der Waals surface area contributed by atoms with Gasteiger partial charge in [-0.15, -0.1) is 0 Å². The molecule has 1 aliphatic rings. The molecule has 8 nitrogen and oxygen atoms in total. The van der Waals surface area contributed by atoms with E-state index in [1.54, 1.807) is 57.4 Å². The number of methoxy groups -OCH3 is 1. The van der Waals surface area contributed by atoms with Crippen LogP contribution in [0.15, 0.2) is 57.5 Å². The monoisotopic (exact) mass is 584 g/mol. The summed E-state index contributed by atoms with van der Waals surface area (Å²) in [5, 5.41) is 0.518. The third-order valence-electron chi connectivity index (χ3n) is 6.00. The number of hydrogen-bond donors (Lipinski definition) is 0. The van der Waals surface area contributed by atoms with Gasteiger partial charge in [-0.1, -0.05) is 29.0 Å². The average molecular weight is 585 g/mol. The van der Waals surface area contributed by atoms with Gasteiger partial charge in [0.15, 0.2) is 16.3 Å². The molecule has 0 spiro atoms. The van der Waals surface area contributed by atoms with Gasteiger partial charge in [0.05, 0.1) is 47.8 Å². The van der Waals surface area contributed by atoms with Gasteiger partial charge in [0, 0.05) is 10.6 Å². The molecule has 1 atom stereocenters. The Balaban J connectivity index is 1.95. The van der Waals surface area contributed by atoms with Crippen molar-refractivity contribution in [3.63, 3.8) is 0 Å². The molecule has 0 unspecified atom stereocenters. The topological polar surface area (TPSA) is 88.4 Å². The Labute approximate surface area is 242 Å². The number of allylic oxidation sites excluding steroid dienone is 1. The molecular formula is C30H33ClN2O6S. The fourth-order valence-corrected chi connectivity index (χ4v) is 5.67. The number of ether oxygens (including phenoxy) is 4. The first-order valence-corrected chi connectivity index (χ1v) is 14.2. The molecule has 3 aromatic rings. The molecule has 0 aliphatic carbocycles. The minimum Gasteiger partial charge on any atom is -0.493 e. The summed E-state index contributed by atoms with van der Waals surface area (Å²) in [7, 11) is 1.55. The van der Waals surface area contributed by atoms with Gasteiger partial charge in [0.25, 0.3) is 5.56 Å². The van der Waals surface area contributed by atoms with Crippen LogP contribution < -0.4 is 29.1 Å². The predicted octanol–water partition coefficient (Wildman–Crippen LogP) is 5.03. The van der Waals surface area contributed by atoms with E-state index in [4.69, 9.17) is 30.5 Å². The maximum Gasteiger partial charge on any atom is 0.338 e. The molecule has 0 saturated heterocycles. The summed E-state index contributed by atoms with van der Waals surface area (Å²) in [6.07, 6.45) is 1.61. The van der Waals surface area contributed by atoms with Gasteiger partial charge in [-0.05, 0) is 83.5 Å². The lowest BCUT2D eigenvalue weighted by Crippen LogP contribution is -2.40. The maximum absolute atomic E-state index is 14.0. The van der Waals surface area contributed by atoms with Crippen LogP contribution in [0, 0.1) is 0 Å². The SMILES string of the molecule is CCOC(=O)C1=C(C)N=c2s/c(=C/c3cc(Cl)ccc3OC(C)C)c(=O)n2[C@H]1c1ccc(OC(C)C)c(OC)c1. The van der Waals surface area contributed by atoms with Crippen LogP contribution in [0.5, 0.6) is 17.2 Å². The van der Waals surface area contributed by atoms with E-state index in [1.807, 2.05) is 33.8 Å². The number of hydrogen-bond acceptors (Lipinski definition) is 8. The van der Waals surface area contributed by atoms with Crippen molar-refractivity contribution in [3.05, 3.63) is 83.5 Å². The molecule has 4 rings (SSSR count). The zero-order valence-corrected chi connectivity index (χ0v) is 25.2. The third kappa shape index (κ3) is 6.10. The molecule has 212 valence electrons. The first-order valence-electron chi connectivity index (χ1n) is 13.0. The van der Waals surface area contributed by atoms with E-state index in [-0.39, 0.29) is 29.9 Å². The molecule has 0 amide bonds. The number of fused-ring (bicyclic) bond motifs is 1. The number of carbonyl (C=O) groups is 1. The third-order valence-corrected chi connectivity index (χ3v) is 7.22. The van der Waals surface area contributed by atoms with E-state index in [1.165, 1.54) is 15.9 Å². The van der Waals surface area contributed by atoms with E-state index in [0.29, 0.717) is 48.4 Å². The molecule has 2 heterocycles. The largest absolute Gasteiger partial charge is 0.493 e. The van der Waals surface area contributed by atoms with E-state index in [0.717, 1.165) is 0 Å². The number of esters is 1. The highest BCUT2D eigenvalue weighted by Crippen LogP contribution is 2.36. The van der Waals surface area contributed by atoms with Gasteiger partial charge in [0.1, 0.15) is 5.75 Å². The van der Waals surface area contributed by atoms with Gasteiger partial charge >= 0.3 is 5.97 Å². The number of thiazole rings is 1. The molecule has 0 bridgehead atoms. The molecule has 0 radical (unpaired) electrons. The summed E-state index contributed by atoms with van der Waals surface area (Å²) in [6.45, 7) is 11.4. The fraction of sp³-hybridized carbons (Fsp3) is 0.367. The number of aromatic nitrogens is 1. The molecule has 10 heteroatoms. The van der Waals surface area contributed by atoms with Crippen LogP contribution in [0.1, 0.15) is 58.7 Å². The van der Waals surface area contributed by atoms with Crippen molar-refractivity contribution in [2.75, 3.05) is 13.7 Å².